The van der Waals surface area contributed by atoms with E-state index in [4.69, 9.17) is 4.74 Å². The van der Waals surface area contributed by atoms with E-state index in [-0.39, 0.29) is 5.91 Å². The van der Waals surface area contributed by atoms with Gasteiger partial charge in [0, 0.05) is 25.7 Å². The highest BCUT2D eigenvalue weighted by molar-refractivity contribution is 5.96. The molecule has 0 unspecified atom stereocenters. The molecule has 6 nitrogen and oxygen atoms in total. The van der Waals surface area contributed by atoms with Crippen molar-refractivity contribution in [1.29, 1.82) is 0 Å². The summed E-state index contributed by atoms with van der Waals surface area (Å²) in [6, 6.07) is 12.9. The summed E-state index contributed by atoms with van der Waals surface area (Å²) in [6.07, 6.45) is 4.48. The highest BCUT2D eigenvalue weighted by Crippen LogP contribution is 2.22. The normalized spacial score (nSPS) is 11.9. The molecule has 1 atom stereocenters. The molecule has 3 rings (SSSR count). The summed E-state index contributed by atoms with van der Waals surface area (Å²) in [6.45, 7) is 1.88. The van der Waals surface area contributed by atoms with Crippen molar-refractivity contribution in [3.63, 3.8) is 0 Å². The summed E-state index contributed by atoms with van der Waals surface area (Å²) in [5, 5.41) is 2.90. The number of pyridine rings is 1. The number of hydrogen-bond acceptors (Lipinski definition) is 4. The molecule has 0 aliphatic heterocycles. The van der Waals surface area contributed by atoms with Gasteiger partial charge in [0.15, 0.2) is 11.9 Å². The number of nitrogens with one attached hydrogen (secondary N) is 1. The summed E-state index contributed by atoms with van der Waals surface area (Å²) in [7, 11) is 1.52. The first-order valence-electron chi connectivity index (χ1n) is 7.54. The van der Waals surface area contributed by atoms with Gasteiger partial charge < -0.3 is 10.1 Å². The lowest BCUT2D eigenvalue weighted by Crippen LogP contribution is -2.23. The Morgan fingerprint density at radius 3 is 2.58 bits per heavy atom. The van der Waals surface area contributed by atoms with E-state index in [0.29, 0.717) is 11.5 Å². The van der Waals surface area contributed by atoms with Gasteiger partial charge in [-0.1, -0.05) is 30.3 Å². The van der Waals surface area contributed by atoms with Crippen LogP contribution in [0.2, 0.25) is 0 Å². The van der Waals surface area contributed by atoms with Crippen molar-refractivity contribution in [2.75, 3.05) is 12.4 Å². The number of imidazole rings is 1. The van der Waals surface area contributed by atoms with Crippen molar-refractivity contribution in [3.8, 4) is 5.82 Å². The van der Waals surface area contributed by atoms with Crippen LogP contribution in [0.4, 0.5) is 5.69 Å². The number of nitrogens with zero attached hydrogens (tertiary/aromatic N) is 3. The van der Waals surface area contributed by atoms with E-state index in [9.17, 15) is 4.79 Å². The summed E-state index contributed by atoms with van der Waals surface area (Å²) in [5.74, 6) is 1.15. The van der Waals surface area contributed by atoms with E-state index in [0.717, 1.165) is 11.4 Å². The average Bonchev–Trinajstić information content (AvgIpc) is 3.03. The van der Waals surface area contributed by atoms with Crippen LogP contribution in [0.1, 0.15) is 17.5 Å². The predicted octanol–water partition coefficient (Wildman–Crippen LogP) is 2.90. The number of rotatable bonds is 5. The van der Waals surface area contributed by atoms with E-state index >= 15 is 0 Å². The molecule has 0 saturated heterocycles. The Labute approximate surface area is 140 Å². The first kappa shape index (κ1) is 15.9. The van der Waals surface area contributed by atoms with E-state index in [2.05, 4.69) is 15.3 Å². The lowest BCUT2D eigenvalue weighted by atomic mass is 10.1. The van der Waals surface area contributed by atoms with E-state index < -0.39 is 6.10 Å². The number of amides is 1. The Morgan fingerprint density at radius 2 is 1.92 bits per heavy atom. The fourth-order valence-corrected chi connectivity index (χ4v) is 2.51. The Hall–Kier alpha value is -2.99. The van der Waals surface area contributed by atoms with Crippen LogP contribution >= 0.6 is 0 Å². The lowest BCUT2D eigenvalue weighted by Gasteiger charge is -2.17. The maximum absolute atomic E-state index is 12.7. The van der Waals surface area contributed by atoms with Crippen molar-refractivity contribution in [1.82, 2.24) is 14.5 Å². The molecule has 0 aliphatic rings. The second kappa shape index (κ2) is 7.06. The number of aromatic nitrogens is 3. The molecule has 1 N–H and O–H groups in total. The third kappa shape index (κ3) is 3.18. The number of aryl methyl sites for hydroxylation is 1. The molecule has 0 bridgehead atoms. The molecule has 0 fully saturated rings. The fraction of sp³-hybridized carbons (Fsp3) is 0.167. The number of anilines is 1. The van der Waals surface area contributed by atoms with Gasteiger partial charge in [0.05, 0.1) is 5.69 Å². The number of carbonyl (C=O) groups is 1. The molecule has 0 radical (unpaired) electrons. The molecule has 0 saturated carbocycles. The van der Waals surface area contributed by atoms with E-state index in [1.54, 1.807) is 30.7 Å². The molecule has 0 spiro atoms. The van der Waals surface area contributed by atoms with Gasteiger partial charge in [-0.3, -0.25) is 9.36 Å². The largest absolute Gasteiger partial charge is 0.367 e. The quantitative estimate of drug-likeness (QED) is 0.784. The van der Waals surface area contributed by atoms with E-state index in [1.165, 1.54) is 7.11 Å². The molecule has 1 aromatic carbocycles. The highest BCUT2D eigenvalue weighted by atomic mass is 16.5. The molecule has 1 amide bonds. The molecule has 24 heavy (non-hydrogen) atoms. The zero-order valence-electron chi connectivity index (χ0n) is 13.5. The van der Waals surface area contributed by atoms with Crippen molar-refractivity contribution >= 4 is 11.6 Å². The molecule has 6 heteroatoms. The summed E-state index contributed by atoms with van der Waals surface area (Å²) < 4.78 is 7.19. The average molecular weight is 322 g/mol. The number of carbonyl (C=O) groups excluding carboxylic acids is 1. The number of methoxy groups -OCH3 is 1. The van der Waals surface area contributed by atoms with Gasteiger partial charge in [-0.2, -0.15) is 0 Å². The maximum Gasteiger partial charge on any atom is 0.258 e. The van der Waals surface area contributed by atoms with Gasteiger partial charge in [-0.05, 0) is 24.6 Å². The summed E-state index contributed by atoms with van der Waals surface area (Å²) in [5.41, 5.74) is 1.39. The number of ether oxygens (including phenoxy) is 1. The van der Waals surface area contributed by atoms with Gasteiger partial charge in [0.1, 0.15) is 5.82 Å². The van der Waals surface area contributed by atoms with Gasteiger partial charge in [-0.25, -0.2) is 9.97 Å². The van der Waals surface area contributed by atoms with Crippen LogP contribution < -0.4 is 5.32 Å². The van der Waals surface area contributed by atoms with E-state index in [1.807, 2.05) is 41.8 Å². The number of benzene rings is 1. The molecular formula is C18H18N4O2. The number of hydrogen-bond donors (Lipinski definition) is 1. The fourth-order valence-electron chi connectivity index (χ4n) is 2.51. The summed E-state index contributed by atoms with van der Waals surface area (Å²) >= 11 is 0. The Bertz CT molecular complexity index is 830. The first-order chi connectivity index (χ1) is 11.7. The van der Waals surface area contributed by atoms with Crippen LogP contribution in [0.25, 0.3) is 5.82 Å². The minimum Gasteiger partial charge on any atom is -0.367 e. The Morgan fingerprint density at radius 1 is 1.12 bits per heavy atom. The minimum absolute atomic E-state index is 0.254. The Balaban J connectivity index is 1.89. The van der Waals surface area contributed by atoms with Gasteiger partial charge in [0.25, 0.3) is 5.91 Å². The van der Waals surface area contributed by atoms with Crippen molar-refractivity contribution < 1.29 is 9.53 Å². The van der Waals surface area contributed by atoms with Crippen molar-refractivity contribution in [2.45, 2.75) is 13.0 Å². The zero-order chi connectivity index (χ0) is 16.9. The SMILES string of the molecule is CO[C@@H](C(=O)Nc1cccnc1-n1ccnc1C)c1ccccc1. The van der Waals surface area contributed by atoms with Crippen LogP contribution in [0, 0.1) is 6.92 Å². The molecule has 122 valence electrons. The first-order valence-corrected chi connectivity index (χ1v) is 7.54. The predicted molar refractivity (Wildman–Crippen MR) is 90.9 cm³/mol. The molecule has 2 heterocycles. The second-order valence-corrected chi connectivity index (χ2v) is 5.23. The third-order valence-electron chi connectivity index (χ3n) is 3.67. The van der Waals surface area contributed by atoms with Crippen LogP contribution in [0.5, 0.6) is 0 Å². The molecule has 3 aromatic rings. The maximum atomic E-state index is 12.7. The van der Waals surface area contributed by atoms with Gasteiger partial charge >= 0.3 is 0 Å². The zero-order valence-corrected chi connectivity index (χ0v) is 13.5. The molecular weight excluding hydrogens is 304 g/mol. The topological polar surface area (TPSA) is 69.0 Å². The highest BCUT2D eigenvalue weighted by Gasteiger charge is 2.21. The van der Waals surface area contributed by atoms with Gasteiger partial charge in [-0.15, -0.1) is 0 Å². The minimum atomic E-state index is -0.692. The third-order valence-corrected chi connectivity index (χ3v) is 3.67. The monoisotopic (exact) mass is 322 g/mol. The van der Waals surface area contributed by atoms with Crippen LogP contribution in [0.3, 0.4) is 0 Å². The molecule has 0 aliphatic carbocycles. The molecule has 2 aromatic heterocycles. The smallest absolute Gasteiger partial charge is 0.258 e. The van der Waals surface area contributed by atoms with Crippen molar-refractivity contribution in [2.24, 2.45) is 0 Å². The standard InChI is InChI=1S/C18H18N4O2/c1-13-19-11-12-22(13)17-15(9-6-10-20-17)21-18(23)16(24-2)14-7-4-3-5-8-14/h3-12,16H,1-2H3,(H,21,23)/t16-/m1/s1. The lowest BCUT2D eigenvalue weighted by molar-refractivity contribution is -0.126. The van der Waals surface area contributed by atoms with Gasteiger partial charge in [0.2, 0.25) is 0 Å². The summed E-state index contributed by atoms with van der Waals surface area (Å²) in [4.78, 5) is 21.2. The van der Waals surface area contributed by atoms with Crippen LogP contribution in [-0.2, 0) is 9.53 Å². The second-order valence-electron chi connectivity index (χ2n) is 5.23. The van der Waals surface area contributed by atoms with Crippen molar-refractivity contribution in [3.05, 3.63) is 72.4 Å². The van der Waals surface area contributed by atoms with Crippen LogP contribution in [0.15, 0.2) is 61.1 Å². The Kier molecular flexibility index (Phi) is 4.67. The van der Waals surface area contributed by atoms with Crippen LogP contribution in [-0.4, -0.2) is 27.6 Å².